The van der Waals surface area contributed by atoms with Crippen molar-refractivity contribution in [1.29, 1.82) is 0 Å². The molecule has 0 aliphatic carbocycles. The van der Waals surface area contributed by atoms with Gasteiger partial charge < -0.3 is 15.0 Å². The Morgan fingerprint density at radius 3 is 2.43 bits per heavy atom. The van der Waals surface area contributed by atoms with Crippen LogP contribution in [0.3, 0.4) is 0 Å². The quantitative estimate of drug-likeness (QED) is 0.238. The number of hydrogen-bond donors (Lipinski definition) is 1. The van der Waals surface area contributed by atoms with Crippen LogP contribution in [0, 0.1) is 6.92 Å². The van der Waals surface area contributed by atoms with Crippen molar-refractivity contribution in [2.75, 3.05) is 31.1 Å². The Hall–Kier alpha value is -3.36. The van der Waals surface area contributed by atoms with Crippen molar-refractivity contribution in [1.82, 2.24) is 15.1 Å². The minimum absolute atomic E-state index is 0.0820. The topological polar surface area (TPSA) is 76.5 Å². The minimum atomic E-state index is -0.425. The number of benzene rings is 2. The van der Waals surface area contributed by atoms with E-state index in [-0.39, 0.29) is 19.1 Å². The van der Waals surface area contributed by atoms with Crippen molar-refractivity contribution < 1.29 is 14.3 Å². The van der Waals surface area contributed by atoms with Crippen LogP contribution in [0.25, 0.3) is 15.9 Å². The Morgan fingerprint density at radius 1 is 1.09 bits per heavy atom. The molecule has 0 aliphatic heterocycles. The van der Waals surface area contributed by atoms with Crippen molar-refractivity contribution in [2.45, 2.75) is 20.8 Å². The molecular weight excluding hydrogens is 484 g/mol. The molecule has 9 heteroatoms. The summed E-state index contributed by atoms with van der Waals surface area (Å²) in [6, 6.07) is 16.7. The summed E-state index contributed by atoms with van der Waals surface area (Å²) < 4.78 is 7.20. The summed E-state index contributed by atoms with van der Waals surface area (Å²) in [6.07, 6.45) is 0. The van der Waals surface area contributed by atoms with E-state index in [0.717, 1.165) is 40.4 Å². The largest absolute Gasteiger partial charge is 0.460 e. The number of ether oxygens (including phenoxy) is 1. The van der Waals surface area contributed by atoms with E-state index in [1.54, 1.807) is 35.0 Å². The maximum absolute atomic E-state index is 12.6. The lowest BCUT2D eigenvalue weighted by molar-refractivity contribution is 0.0509. The number of halogens is 1. The third-order valence-electron chi connectivity index (χ3n) is 5.70. The Balaban J connectivity index is 1.33. The third kappa shape index (κ3) is 5.49. The zero-order valence-electron chi connectivity index (χ0n) is 19.9. The standard InChI is InChI=1S/C26H27ClN4O3S/c1-4-30(5-2)20-10-6-18(7-11-20)24(32)28-14-15-34-26(33)23-16-22-17(3)29-31(25(22)35-23)21-12-8-19(27)9-13-21/h6-13,16H,4-5,14-15H2,1-3H3,(H,28,32). The van der Waals surface area contributed by atoms with E-state index >= 15 is 0 Å². The number of rotatable bonds is 9. The molecule has 1 N–H and O–H groups in total. The molecule has 0 fully saturated rings. The van der Waals surface area contributed by atoms with Gasteiger partial charge in [-0.3, -0.25) is 4.79 Å². The van der Waals surface area contributed by atoms with Gasteiger partial charge in [0.1, 0.15) is 16.3 Å². The van der Waals surface area contributed by atoms with Gasteiger partial charge in [0.15, 0.2) is 0 Å². The van der Waals surface area contributed by atoms with E-state index in [0.29, 0.717) is 15.5 Å². The fraction of sp³-hybridized carbons (Fsp3) is 0.269. The molecule has 2 aromatic heterocycles. The SMILES string of the molecule is CCN(CC)c1ccc(C(=O)NCCOC(=O)c2cc3c(C)nn(-c4ccc(Cl)cc4)c3s2)cc1. The molecule has 4 rings (SSSR count). The highest BCUT2D eigenvalue weighted by Gasteiger charge is 2.18. The smallest absolute Gasteiger partial charge is 0.348 e. The van der Waals surface area contributed by atoms with Crippen LogP contribution < -0.4 is 10.2 Å². The summed E-state index contributed by atoms with van der Waals surface area (Å²) in [5.74, 6) is -0.626. The van der Waals surface area contributed by atoms with E-state index in [1.165, 1.54) is 11.3 Å². The van der Waals surface area contributed by atoms with Crippen LogP contribution in [0.1, 0.15) is 39.6 Å². The zero-order chi connectivity index (χ0) is 24.9. The minimum Gasteiger partial charge on any atom is -0.460 e. The molecule has 0 saturated carbocycles. The van der Waals surface area contributed by atoms with Crippen molar-refractivity contribution in [2.24, 2.45) is 0 Å². The summed E-state index contributed by atoms with van der Waals surface area (Å²) >= 11 is 7.32. The van der Waals surface area contributed by atoms with E-state index in [2.05, 4.69) is 29.2 Å². The molecule has 0 saturated heterocycles. The molecule has 182 valence electrons. The first kappa shape index (κ1) is 24.8. The molecule has 7 nitrogen and oxygen atoms in total. The number of carbonyl (C=O) groups excluding carboxylic acids is 2. The lowest BCUT2D eigenvalue weighted by atomic mass is 10.2. The predicted molar refractivity (Wildman–Crippen MR) is 141 cm³/mol. The molecule has 0 spiro atoms. The maximum atomic E-state index is 12.6. The first-order chi connectivity index (χ1) is 16.9. The molecule has 0 bridgehead atoms. The van der Waals surface area contributed by atoms with Gasteiger partial charge in [0.25, 0.3) is 5.91 Å². The maximum Gasteiger partial charge on any atom is 0.348 e. The monoisotopic (exact) mass is 510 g/mol. The number of thiophene rings is 1. The summed E-state index contributed by atoms with van der Waals surface area (Å²) in [5, 5.41) is 8.92. The van der Waals surface area contributed by atoms with Gasteiger partial charge in [0.2, 0.25) is 0 Å². The highest BCUT2D eigenvalue weighted by Crippen LogP contribution is 2.31. The fourth-order valence-corrected chi connectivity index (χ4v) is 5.00. The van der Waals surface area contributed by atoms with Gasteiger partial charge >= 0.3 is 5.97 Å². The van der Waals surface area contributed by atoms with E-state index in [1.807, 2.05) is 31.2 Å². The number of anilines is 1. The Morgan fingerprint density at radius 2 is 1.77 bits per heavy atom. The number of aryl methyl sites for hydroxylation is 1. The fourth-order valence-electron chi connectivity index (χ4n) is 3.80. The summed E-state index contributed by atoms with van der Waals surface area (Å²) in [4.78, 5) is 28.6. The second-order valence-corrected chi connectivity index (χ2v) is 9.38. The Labute approximate surface area is 213 Å². The van der Waals surface area contributed by atoms with Gasteiger partial charge in [-0.1, -0.05) is 11.6 Å². The lowest BCUT2D eigenvalue weighted by Crippen LogP contribution is -2.28. The second-order valence-electron chi connectivity index (χ2n) is 7.91. The number of amides is 1. The van der Waals surface area contributed by atoms with E-state index < -0.39 is 5.97 Å². The average Bonchev–Trinajstić information content (AvgIpc) is 3.44. The van der Waals surface area contributed by atoms with Gasteiger partial charge in [-0.2, -0.15) is 5.10 Å². The van der Waals surface area contributed by atoms with Gasteiger partial charge in [-0.05, 0) is 75.4 Å². The molecule has 1 amide bonds. The summed E-state index contributed by atoms with van der Waals surface area (Å²) in [6.45, 7) is 8.22. The van der Waals surface area contributed by atoms with Crippen LogP contribution >= 0.6 is 22.9 Å². The molecule has 0 radical (unpaired) electrons. The Bertz CT molecular complexity index is 1330. The third-order valence-corrected chi connectivity index (χ3v) is 7.04. The van der Waals surface area contributed by atoms with Gasteiger partial charge in [-0.25, -0.2) is 9.48 Å². The van der Waals surface area contributed by atoms with Crippen LogP contribution in [-0.4, -0.2) is 47.9 Å². The second kappa shape index (κ2) is 10.9. The number of esters is 1. The van der Waals surface area contributed by atoms with Crippen molar-refractivity contribution >= 4 is 50.7 Å². The average molecular weight is 511 g/mol. The highest BCUT2D eigenvalue weighted by molar-refractivity contribution is 7.20. The number of fused-ring (bicyclic) bond motifs is 1. The van der Waals surface area contributed by atoms with Crippen molar-refractivity contribution in [3.8, 4) is 5.69 Å². The van der Waals surface area contributed by atoms with Crippen LogP contribution in [0.4, 0.5) is 5.69 Å². The molecule has 35 heavy (non-hydrogen) atoms. The van der Waals surface area contributed by atoms with Gasteiger partial charge in [-0.15, -0.1) is 11.3 Å². The number of nitrogens with zero attached hydrogens (tertiary/aromatic N) is 3. The molecule has 2 aromatic carbocycles. The molecule has 0 atom stereocenters. The lowest BCUT2D eigenvalue weighted by Gasteiger charge is -2.21. The Kier molecular flexibility index (Phi) is 7.73. The predicted octanol–water partition coefficient (Wildman–Crippen LogP) is 5.48. The molecule has 2 heterocycles. The molecule has 0 aliphatic rings. The van der Waals surface area contributed by atoms with Crippen LogP contribution in [-0.2, 0) is 4.74 Å². The first-order valence-corrected chi connectivity index (χ1v) is 12.7. The van der Waals surface area contributed by atoms with E-state index in [9.17, 15) is 9.59 Å². The molecule has 4 aromatic rings. The van der Waals surface area contributed by atoms with Crippen LogP contribution in [0.15, 0.2) is 54.6 Å². The van der Waals surface area contributed by atoms with Crippen molar-refractivity contribution in [3.05, 3.63) is 75.8 Å². The van der Waals surface area contributed by atoms with Gasteiger partial charge in [0.05, 0.1) is 17.9 Å². The number of aromatic nitrogens is 2. The number of carbonyl (C=O) groups is 2. The summed E-state index contributed by atoms with van der Waals surface area (Å²) in [5.41, 5.74) is 3.34. The van der Waals surface area contributed by atoms with Crippen molar-refractivity contribution in [3.63, 3.8) is 0 Å². The summed E-state index contributed by atoms with van der Waals surface area (Å²) in [7, 11) is 0. The van der Waals surface area contributed by atoms with Crippen LogP contribution in [0.2, 0.25) is 5.02 Å². The highest BCUT2D eigenvalue weighted by atomic mass is 35.5. The van der Waals surface area contributed by atoms with E-state index in [4.69, 9.17) is 16.3 Å². The number of nitrogens with one attached hydrogen (secondary N) is 1. The van der Waals surface area contributed by atoms with Gasteiger partial charge in [0, 0.05) is 34.7 Å². The molecular formula is C26H27ClN4O3S. The normalized spacial score (nSPS) is 11.0. The first-order valence-electron chi connectivity index (χ1n) is 11.5. The van der Waals surface area contributed by atoms with Crippen LogP contribution in [0.5, 0.6) is 0 Å². The molecule has 0 unspecified atom stereocenters. The number of hydrogen-bond acceptors (Lipinski definition) is 6. The zero-order valence-corrected chi connectivity index (χ0v) is 21.4.